The number of thioether (sulfide) groups is 1. The maximum absolute atomic E-state index is 13.8. The van der Waals surface area contributed by atoms with Crippen molar-refractivity contribution in [3.63, 3.8) is 0 Å². The summed E-state index contributed by atoms with van der Waals surface area (Å²) in [6, 6.07) is 13.9. The Bertz CT molecular complexity index is 1080. The van der Waals surface area contributed by atoms with E-state index in [0.29, 0.717) is 17.7 Å². The molecule has 2 saturated heterocycles. The van der Waals surface area contributed by atoms with Crippen molar-refractivity contribution in [2.75, 3.05) is 18.0 Å². The van der Waals surface area contributed by atoms with E-state index in [0.717, 1.165) is 37.9 Å². The van der Waals surface area contributed by atoms with Crippen LogP contribution in [0.15, 0.2) is 48.5 Å². The second kappa shape index (κ2) is 7.17. The maximum atomic E-state index is 13.8. The molecule has 160 valence electrons. The molecular formula is C23H23N3O4S. The van der Waals surface area contributed by atoms with E-state index in [1.54, 1.807) is 34.9 Å². The molecule has 0 radical (unpaired) electrons. The number of amides is 1. The van der Waals surface area contributed by atoms with Crippen molar-refractivity contribution in [1.82, 2.24) is 4.90 Å². The number of carbonyl (C=O) groups is 2. The number of ketones is 1. The van der Waals surface area contributed by atoms with E-state index in [-0.39, 0.29) is 17.4 Å². The summed E-state index contributed by atoms with van der Waals surface area (Å²) in [5.74, 6) is -0.163. The fourth-order valence-corrected chi connectivity index (χ4v) is 7.08. The van der Waals surface area contributed by atoms with E-state index in [1.807, 2.05) is 18.2 Å². The second-order valence-electron chi connectivity index (χ2n) is 8.38. The predicted molar refractivity (Wildman–Crippen MR) is 119 cm³/mol. The van der Waals surface area contributed by atoms with E-state index in [2.05, 4.69) is 4.90 Å². The van der Waals surface area contributed by atoms with Gasteiger partial charge in [0.15, 0.2) is 4.87 Å². The molecule has 8 heteroatoms. The molecule has 0 aromatic heterocycles. The Morgan fingerprint density at radius 2 is 1.77 bits per heavy atom. The van der Waals surface area contributed by atoms with Crippen LogP contribution in [-0.4, -0.2) is 44.3 Å². The molecule has 1 amide bonds. The van der Waals surface area contributed by atoms with Gasteiger partial charge in [0.05, 0.1) is 10.6 Å². The van der Waals surface area contributed by atoms with E-state index in [9.17, 15) is 19.7 Å². The van der Waals surface area contributed by atoms with Gasteiger partial charge in [-0.1, -0.05) is 42.4 Å². The topological polar surface area (TPSA) is 83.8 Å². The highest BCUT2D eigenvalue weighted by molar-refractivity contribution is 8.10. The van der Waals surface area contributed by atoms with Crippen LogP contribution in [0.4, 0.5) is 11.4 Å². The van der Waals surface area contributed by atoms with Crippen molar-refractivity contribution in [2.45, 2.75) is 42.3 Å². The summed E-state index contributed by atoms with van der Waals surface area (Å²) in [6.07, 6.45) is 3.81. The summed E-state index contributed by atoms with van der Waals surface area (Å²) in [5.41, 5.74) is 2.24. The van der Waals surface area contributed by atoms with Gasteiger partial charge in [-0.25, -0.2) is 0 Å². The summed E-state index contributed by atoms with van der Waals surface area (Å²) in [4.78, 5) is 39.7. The van der Waals surface area contributed by atoms with Crippen molar-refractivity contribution in [1.29, 1.82) is 0 Å². The number of anilines is 1. The molecule has 0 N–H and O–H groups in total. The number of nitro groups is 1. The van der Waals surface area contributed by atoms with Gasteiger partial charge in [0, 0.05) is 31.0 Å². The Hall–Kier alpha value is -2.71. The largest absolute Gasteiger partial charge is 0.290 e. The molecular weight excluding hydrogens is 414 g/mol. The zero-order chi connectivity index (χ0) is 21.8. The Labute approximate surface area is 184 Å². The van der Waals surface area contributed by atoms with E-state index < -0.39 is 14.7 Å². The minimum absolute atomic E-state index is 0.0178. The van der Waals surface area contributed by atoms with Gasteiger partial charge in [-0.2, -0.15) is 0 Å². The number of likely N-dealkylation sites (tertiary alicyclic amines) is 1. The Morgan fingerprint density at radius 1 is 1.10 bits per heavy atom. The Balaban J connectivity index is 1.59. The third kappa shape index (κ3) is 2.85. The molecule has 5 rings (SSSR count). The first-order valence-electron chi connectivity index (χ1n) is 10.5. The van der Waals surface area contributed by atoms with Gasteiger partial charge >= 0.3 is 0 Å². The van der Waals surface area contributed by atoms with Crippen LogP contribution in [0.3, 0.4) is 0 Å². The zero-order valence-electron chi connectivity index (χ0n) is 17.2. The number of hydrogen-bond donors (Lipinski definition) is 0. The summed E-state index contributed by atoms with van der Waals surface area (Å²) in [6.45, 7) is 3.26. The van der Waals surface area contributed by atoms with Gasteiger partial charge in [0.2, 0.25) is 11.7 Å². The number of nitrogens with zero attached hydrogens (tertiary/aromatic N) is 3. The molecule has 31 heavy (non-hydrogen) atoms. The molecule has 3 heterocycles. The SMILES string of the molecule is CC(=O)N1c2ccccc2C(=O)C12SC2(Cc1ccc([N+](=O)[O-])cc1)N1CCCCC1. The van der Waals surface area contributed by atoms with Gasteiger partial charge in [0.25, 0.3) is 5.69 Å². The van der Waals surface area contributed by atoms with Crippen LogP contribution in [0.25, 0.3) is 0 Å². The Morgan fingerprint density at radius 3 is 2.42 bits per heavy atom. The van der Waals surface area contributed by atoms with Crippen LogP contribution in [0.2, 0.25) is 0 Å². The monoisotopic (exact) mass is 437 g/mol. The van der Waals surface area contributed by atoms with E-state index >= 15 is 0 Å². The summed E-state index contributed by atoms with van der Waals surface area (Å²) in [7, 11) is 0. The molecule has 0 saturated carbocycles. The minimum Gasteiger partial charge on any atom is -0.290 e. The number of fused-ring (bicyclic) bond motifs is 1. The number of hydrogen-bond acceptors (Lipinski definition) is 6. The Kier molecular flexibility index (Phi) is 4.67. The highest BCUT2D eigenvalue weighted by Gasteiger charge is 2.81. The second-order valence-corrected chi connectivity index (χ2v) is 9.85. The highest BCUT2D eigenvalue weighted by Crippen LogP contribution is 2.73. The van der Waals surface area contributed by atoms with Crippen molar-refractivity contribution < 1.29 is 14.5 Å². The average Bonchev–Trinajstić information content (AvgIpc) is 3.36. The molecule has 2 fully saturated rings. The van der Waals surface area contributed by atoms with Gasteiger partial charge in [-0.15, -0.1) is 0 Å². The lowest BCUT2D eigenvalue weighted by Gasteiger charge is -2.38. The van der Waals surface area contributed by atoms with E-state index in [1.165, 1.54) is 19.1 Å². The lowest BCUT2D eigenvalue weighted by molar-refractivity contribution is -0.384. The number of carbonyl (C=O) groups excluding carboxylic acids is 2. The molecule has 2 aromatic carbocycles. The predicted octanol–water partition coefficient (Wildman–Crippen LogP) is 4.01. The first kappa shape index (κ1) is 20.2. The standard InChI is InChI=1S/C23H23N3O4S/c1-16(27)25-20-8-4-3-7-19(20)21(28)23(25)22(31-23,24-13-5-2-6-14-24)15-17-9-11-18(12-10-17)26(29)30/h3-4,7-12H,2,5-6,13-15H2,1H3. The number of piperidine rings is 1. The van der Waals surface area contributed by atoms with Crippen molar-refractivity contribution in [2.24, 2.45) is 0 Å². The van der Waals surface area contributed by atoms with Crippen LogP contribution < -0.4 is 4.90 Å². The summed E-state index contributed by atoms with van der Waals surface area (Å²) >= 11 is 1.55. The van der Waals surface area contributed by atoms with Crippen molar-refractivity contribution in [3.8, 4) is 0 Å². The van der Waals surface area contributed by atoms with Crippen LogP contribution in [-0.2, 0) is 11.2 Å². The lowest BCUT2D eigenvalue weighted by Crippen LogP contribution is -2.56. The number of nitro benzene ring substituents is 1. The quantitative estimate of drug-likeness (QED) is 0.408. The molecule has 2 aromatic rings. The summed E-state index contributed by atoms with van der Waals surface area (Å²) < 4.78 is 0. The third-order valence-corrected chi connectivity index (χ3v) is 8.42. The van der Waals surface area contributed by atoms with Gasteiger partial charge in [0.1, 0.15) is 4.87 Å². The number of rotatable bonds is 4. The first-order valence-corrected chi connectivity index (χ1v) is 11.4. The number of non-ortho nitro benzene ring substituents is 1. The van der Waals surface area contributed by atoms with Gasteiger partial charge < -0.3 is 0 Å². The average molecular weight is 438 g/mol. The molecule has 1 spiro atoms. The van der Waals surface area contributed by atoms with Gasteiger partial charge in [-0.3, -0.25) is 29.5 Å². The molecule has 7 nitrogen and oxygen atoms in total. The fraction of sp³-hybridized carbons (Fsp3) is 0.391. The van der Waals surface area contributed by atoms with Crippen LogP contribution in [0.5, 0.6) is 0 Å². The third-order valence-electron chi connectivity index (χ3n) is 6.59. The molecule has 2 unspecified atom stereocenters. The smallest absolute Gasteiger partial charge is 0.269 e. The molecule has 3 aliphatic rings. The van der Waals surface area contributed by atoms with Crippen molar-refractivity contribution in [3.05, 3.63) is 69.8 Å². The van der Waals surface area contributed by atoms with Crippen molar-refractivity contribution >= 4 is 34.8 Å². The van der Waals surface area contributed by atoms with E-state index in [4.69, 9.17) is 0 Å². The fourth-order valence-electron chi connectivity index (χ4n) is 5.18. The number of Topliss-reactive ketones (excluding diaryl/α,β-unsaturated/α-hetero) is 1. The highest BCUT2D eigenvalue weighted by atomic mass is 32.2. The maximum Gasteiger partial charge on any atom is 0.269 e. The normalized spacial score (nSPS) is 27.4. The summed E-state index contributed by atoms with van der Waals surface area (Å²) in [5, 5.41) is 11.1. The lowest BCUT2D eigenvalue weighted by atomic mass is 9.92. The van der Waals surface area contributed by atoms with Gasteiger partial charge in [-0.05, 0) is 43.6 Å². The first-order chi connectivity index (χ1) is 14.9. The zero-order valence-corrected chi connectivity index (χ0v) is 18.1. The van der Waals surface area contributed by atoms with Crippen LogP contribution >= 0.6 is 11.8 Å². The van der Waals surface area contributed by atoms with Crippen LogP contribution in [0, 0.1) is 10.1 Å². The minimum atomic E-state index is -0.984. The number of para-hydroxylation sites is 1. The number of benzene rings is 2. The molecule has 0 bridgehead atoms. The molecule has 3 aliphatic heterocycles. The van der Waals surface area contributed by atoms with Crippen LogP contribution in [0.1, 0.15) is 42.1 Å². The molecule has 0 aliphatic carbocycles. The molecule has 2 atom stereocenters.